The Kier molecular flexibility index (Phi) is 7.40. The van der Waals surface area contributed by atoms with Gasteiger partial charge in [-0.15, -0.1) is 0 Å². The van der Waals surface area contributed by atoms with E-state index >= 15 is 0 Å². The summed E-state index contributed by atoms with van der Waals surface area (Å²) < 4.78 is 27.0. The highest BCUT2D eigenvalue weighted by molar-refractivity contribution is 7.92. The minimum absolute atomic E-state index is 0.0464. The van der Waals surface area contributed by atoms with Crippen LogP contribution in [0.25, 0.3) is 0 Å². The van der Waals surface area contributed by atoms with Gasteiger partial charge in [0.25, 0.3) is 21.8 Å². The topological polar surface area (TPSA) is 95.6 Å². The summed E-state index contributed by atoms with van der Waals surface area (Å²) in [5.74, 6) is -0.849. The average Bonchev–Trinajstić information content (AvgIpc) is 2.78. The SMILES string of the molecule is CC(C)NC(=O)c1ccc(Cl)cc1NC(=O)c1ccc(S(=O)(=O)N(C)c2ccccc2)cc1. The molecular weight excluding hydrogens is 462 g/mol. The zero-order valence-electron chi connectivity index (χ0n) is 18.4. The highest BCUT2D eigenvalue weighted by Crippen LogP contribution is 2.24. The van der Waals surface area contributed by atoms with Crippen LogP contribution in [0.15, 0.2) is 77.7 Å². The standard InChI is InChI=1S/C24H24ClN3O4S/c1-16(2)26-24(30)21-14-11-18(25)15-22(21)27-23(29)17-9-12-20(13-10-17)33(31,32)28(3)19-7-5-4-6-8-19/h4-16H,1-3H3,(H,26,30)(H,27,29). The summed E-state index contributed by atoms with van der Waals surface area (Å²) in [5, 5.41) is 5.82. The summed E-state index contributed by atoms with van der Waals surface area (Å²) in [6, 6.07) is 18.8. The molecule has 2 N–H and O–H groups in total. The highest BCUT2D eigenvalue weighted by Gasteiger charge is 2.22. The second-order valence-electron chi connectivity index (χ2n) is 7.60. The van der Waals surface area contributed by atoms with Crippen molar-refractivity contribution < 1.29 is 18.0 Å². The smallest absolute Gasteiger partial charge is 0.264 e. The second kappa shape index (κ2) is 10.1. The number of nitrogens with one attached hydrogen (secondary N) is 2. The van der Waals surface area contributed by atoms with Crippen molar-refractivity contribution in [1.29, 1.82) is 0 Å². The molecule has 0 aromatic heterocycles. The molecule has 0 saturated carbocycles. The van der Waals surface area contributed by atoms with Gasteiger partial charge in [-0.3, -0.25) is 13.9 Å². The van der Waals surface area contributed by atoms with Gasteiger partial charge in [0, 0.05) is 23.7 Å². The van der Waals surface area contributed by atoms with Crippen molar-refractivity contribution in [2.75, 3.05) is 16.7 Å². The van der Waals surface area contributed by atoms with Gasteiger partial charge in [0.1, 0.15) is 0 Å². The minimum atomic E-state index is -3.80. The van der Waals surface area contributed by atoms with Crippen LogP contribution in [0.5, 0.6) is 0 Å². The molecule has 0 fully saturated rings. The molecule has 33 heavy (non-hydrogen) atoms. The van der Waals surface area contributed by atoms with Crippen LogP contribution < -0.4 is 14.9 Å². The van der Waals surface area contributed by atoms with Crippen LogP contribution in [0, 0.1) is 0 Å². The third-order valence-corrected chi connectivity index (χ3v) is 6.82. The zero-order chi connectivity index (χ0) is 24.2. The van der Waals surface area contributed by atoms with E-state index in [0.717, 1.165) is 0 Å². The maximum atomic E-state index is 12.9. The van der Waals surface area contributed by atoms with Crippen LogP contribution in [-0.4, -0.2) is 33.3 Å². The molecule has 0 unspecified atom stereocenters. The Morgan fingerprint density at radius 3 is 2.15 bits per heavy atom. The van der Waals surface area contributed by atoms with Crippen molar-refractivity contribution in [2.24, 2.45) is 0 Å². The van der Waals surface area contributed by atoms with Crippen molar-refractivity contribution in [2.45, 2.75) is 24.8 Å². The number of rotatable bonds is 7. The van der Waals surface area contributed by atoms with E-state index in [-0.39, 0.29) is 33.7 Å². The van der Waals surface area contributed by atoms with Gasteiger partial charge in [-0.2, -0.15) is 0 Å². The Morgan fingerprint density at radius 2 is 1.55 bits per heavy atom. The second-order valence-corrected chi connectivity index (χ2v) is 10.0. The van der Waals surface area contributed by atoms with Crippen molar-refractivity contribution >= 4 is 44.8 Å². The lowest BCUT2D eigenvalue weighted by Crippen LogP contribution is -2.31. The first-order valence-electron chi connectivity index (χ1n) is 10.2. The van der Waals surface area contributed by atoms with Gasteiger partial charge in [0.05, 0.1) is 21.8 Å². The number of benzene rings is 3. The lowest BCUT2D eigenvalue weighted by atomic mass is 10.1. The summed E-state index contributed by atoms with van der Waals surface area (Å²) in [7, 11) is -2.33. The molecule has 0 bridgehead atoms. The summed E-state index contributed by atoms with van der Waals surface area (Å²) >= 11 is 6.05. The molecule has 2 amide bonds. The van der Waals surface area contributed by atoms with E-state index in [2.05, 4.69) is 10.6 Å². The fourth-order valence-corrected chi connectivity index (χ4v) is 4.43. The van der Waals surface area contributed by atoms with Gasteiger partial charge in [-0.1, -0.05) is 29.8 Å². The third kappa shape index (κ3) is 5.71. The molecule has 172 valence electrons. The number of amides is 2. The summed E-state index contributed by atoms with van der Waals surface area (Å²) in [6.07, 6.45) is 0. The first kappa shape index (κ1) is 24.3. The molecular formula is C24H24ClN3O4S. The molecule has 0 heterocycles. The van der Waals surface area contributed by atoms with Gasteiger partial charge >= 0.3 is 0 Å². The van der Waals surface area contributed by atoms with Crippen molar-refractivity contribution in [3.8, 4) is 0 Å². The summed E-state index contributed by atoms with van der Waals surface area (Å²) in [4.78, 5) is 25.3. The molecule has 3 rings (SSSR count). The van der Waals surface area contributed by atoms with E-state index in [9.17, 15) is 18.0 Å². The first-order chi connectivity index (χ1) is 15.6. The van der Waals surface area contributed by atoms with Crippen molar-refractivity contribution in [3.63, 3.8) is 0 Å². The normalized spacial score (nSPS) is 11.2. The van der Waals surface area contributed by atoms with Crippen LogP contribution in [0.4, 0.5) is 11.4 Å². The quantitative estimate of drug-likeness (QED) is 0.513. The number of anilines is 2. The fraction of sp³-hybridized carbons (Fsp3) is 0.167. The van der Waals surface area contributed by atoms with E-state index < -0.39 is 15.9 Å². The van der Waals surface area contributed by atoms with Crippen LogP contribution >= 0.6 is 11.6 Å². The molecule has 0 saturated heterocycles. The summed E-state index contributed by atoms with van der Waals surface area (Å²) in [5.41, 5.74) is 1.27. The number of halogens is 1. The number of hydrogen-bond acceptors (Lipinski definition) is 4. The largest absolute Gasteiger partial charge is 0.350 e. The lowest BCUT2D eigenvalue weighted by molar-refractivity contribution is 0.0944. The molecule has 0 spiro atoms. The Balaban J connectivity index is 1.82. The van der Waals surface area contributed by atoms with Gasteiger partial charge in [0.2, 0.25) is 0 Å². The predicted molar refractivity (Wildman–Crippen MR) is 130 cm³/mol. The molecule has 0 aliphatic heterocycles. The van der Waals surface area contributed by atoms with Gasteiger partial charge < -0.3 is 10.6 Å². The minimum Gasteiger partial charge on any atom is -0.350 e. The predicted octanol–water partition coefficient (Wildman–Crippen LogP) is 4.56. The van der Waals surface area contributed by atoms with E-state index in [1.165, 1.54) is 47.8 Å². The molecule has 0 atom stereocenters. The number of carbonyl (C=O) groups excluding carboxylic acids is 2. The van der Waals surface area contributed by atoms with E-state index in [0.29, 0.717) is 10.7 Å². The van der Waals surface area contributed by atoms with Crippen LogP contribution in [0.1, 0.15) is 34.6 Å². The average molecular weight is 486 g/mol. The van der Waals surface area contributed by atoms with Crippen LogP contribution in [0.3, 0.4) is 0 Å². The molecule has 0 aliphatic rings. The Hall–Kier alpha value is -3.36. The van der Waals surface area contributed by atoms with Crippen LogP contribution in [-0.2, 0) is 10.0 Å². The van der Waals surface area contributed by atoms with Gasteiger partial charge in [-0.25, -0.2) is 8.42 Å². The number of para-hydroxylation sites is 1. The number of nitrogens with zero attached hydrogens (tertiary/aromatic N) is 1. The Morgan fingerprint density at radius 1 is 0.909 bits per heavy atom. The number of hydrogen-bond donors (Lipinski definition) is 2. The van der Waals surface area contributed by atoms with Crippen molar-refractivity contribution in [1.82, 2.24) is 5.32 Å². The number of carbonyl (C=O) groups is 2. The third-order valence-electron chi connectivity index (χ3n) is 4.79. The lowest BCUT2D eigenvalue weighted by Gasteiger charge is -2.19. The molecule has 0 radical (unpaired) electrons. The number of sulfonamides is 1. The molecule has 7 nitrogen and oxygen atoms in total. The van der Waals surface area contributed by atoms with E-state index in [4.69, 9.17) is 11.6 Å². The van der Waals surface area contributed by atoms with Gasteiger partial charge in [0.15, 0.2) is 0 Å². The fourth-order valence-electron chi connectivity index (χ4n) is 3.07. The van der Waals surface area contributed by atoms with E-state index in [1.807, 2.05) is 13.8 Å². The first-order valence-corrected chi connectivity index (χ1v) is 12.0. The monoisotopic (exact) mass is 485 g/mol. The Bertz CT molecular complexity index is 1260. The molecule has 3 aromatic carbocycles. The van der Waals surface area contributed by atoms with E-state index in [1.54, 1.807) is 36.4 Å². The highest BCUT2D eigenvalue weighted by atomic mass is 35.5. The Labute approximate surface area is 198 Å². The summed E-state index contributed by atoms with van der Waals surface area (Å²) in [6.45, 7) is 3.66. The molecule has 3 aromatic rings. The van der Waals surface area contributed by atoms with Crippen molar-refractivity contribution in [3.05, 3.63) is 88.9 Å². The zero-order valence-corrected chi connectivity index (χ0v) is 19.9. The maximum Gasteiger partial charge on any atom is 0.264 e. The van der Waals surface area contributed by atoms with Gasteiger partial charge in [-0.05, 0) is 68.4 Å². The van der Waals surface area contributed by atoms with Crippen LogP contribution in [0.2, 0.25) is 5.02 Å². The molecule has 9 heteroatoms. The maximum absolute atomic E-state index is 12.9. The molecule has 0 aliphatic carbocycles.